The van der Waals surface area contributed by atoms with Gasteiger partial charge in [-0.3, -0.25) is 14.3 Å². The first kappa shape index (κ1) is 23.6. The third-order valence-electron chi connectivity index (χ3n) is 4.84. The molecule has 170 valence electrons. The molecule has 10 heteroatoms. The topological polar surface area (TPSA) is 84.7 Å². The highest BCUT2D eigenvalue weighted by atomic mass is 35.5. The molecule has 1 N–H and O–H groups in total. The van der Waals surface area contributed by atoms with E-state index in [0.29, 0.717) is 6.07 Å². The number of hydrogen-bond acceptors (Lipinski definition) is 4. The SMILES string of the molecule is COC[C@@H](c1nc2cccc(Cl)c2c(=O)n1-c1cc(F)cc(F)c1)N(C(=O)O)C(C)(C)C. The van der Waals surface area contributed by atoms with Crippen molar-refractivity contribution in [3.8, 4) is 5.69 Å². The molecule has 0 radical (unpaired) electrons. The standard InChI is InChI=1S/C22H22ClF2N3O4/c1-22(2,3)28(21(30)31)17(11-32-4)19-26-16-7-5-6-15(23)18(16)20(29)27(19)14-9-12(24)8-13(25)10-14/h5-10,17H,11H2,1-4H3,(H,30,31)/t17-/m0/s1. The minimum absolute atomic E-state index is 0.0383. The van der Waals surface area contributed by atoms with Crippen LogP contribution in [-0.4, -0.2) is 44.9 Å². The summed E-state index contributed by atoms with van der Waals surface area (Å²) < 4.78 is 34.4. The van der Waals surface area contributed by atoms with Crippen LogP contribution in [0.15, 0.2) is 41.2 Å². The molecule has 0 aliphatic heterocycles. The molecular formula is C22H22ClF2N3O4. The quantitative estimate of drug-likeness (QED) is 0.586. The van der Waals surface area contributed by atoms with Crippen molar-refractivity contribution in [1.82, 2.24) is 14.5 Å². The Kier molecular flexibility index (Phi) is 6.52. The third-order valence-corrected chi connectivity index (χ3v) is 5.16. The van der Waals surface area contributed by atoms with Gasteiger partial charge in [-0.2, -0.15) is 0 Å². The first-order valence-electron chi connectivity index (χ1n) is 9.64. The Balaban J connectivity index is 2.48. The monoisotopic (exact) mass is 465 g/mol. The molecule has 0 unspecified atom stereocenters. The van der Waals surface area contributed by atoms with Crippen LogP contribution in [0.2, 0.25) is 5.02 Å². The summed E-state index contributed by atoms with van der Waals surface area (Å²) in [6, 6.07) is 6.15. The lowest BCUT2D eigenvalue weighted by molar-refractivity contribution is 0.0296. The fourth-order valence-electron chi connectivity index (χ4n) is 3.66. The zero-order chi connectivity index (χ0) is 23.8. The van der Waals surface area contributed by atoms with Gasteiger partial charge in [-0.15, -0.1) is 0 Å². The van der Waals surface area contributed by atoms with E-state index in [4.69, 9.17) is 16.3 Å². The van der Waals surface area contributed by atoms with Crippen molar-refractivity contribution >= 4 is 28.6 Å². The Morgan fingerprint density at radius 1 is 1.25 bits per heavy atom. The Morgan fingerprint density at radius 2 is 1.88 bits per heavy atom. The number of aromatic nitrogens is 2. The van der Waals surface area contributed by atoms with Crippen molar-refractivity contribution in [3.63, 3.8) is 0 Å². The number of amides is 1. The summed E-state index contributed by atoms with van der Waals surface area (Å²) in [6.07, 6.45) is -1.28. The van der Waals surface area contributed by atoms with E-state index in [1.807, 2.05) is 0 Å². The number of hydrogen-bond donors (Lipinski definition) is 1. The van der Waals surface area contributed by atoms with Crippen LogP contribution in [0.5, 0.6) is 0 Å². The summed E-state index contributed by atoms with van der Waals surface area (Å²) in [6.45, 7) is 4.85. The van der Waals surface area contributed by atoms with Crippen LogP contribution >= 0.6 is 11.6 Å². The second-order valence-electron chi connectivity index (χ2n) is 8.17. The van der Waals surface area contributed by atoms with Crippen LogP contribution in [0.25, 0.3) is 16.6 Å². The highest BCUT2D eigenvalue weighted by Crippen LogP contribution is 2.31. The maximum atomic E-state index is 14.1. The normalized spacial score (nSPS) is 12.7. The summed E-state index contributed by atoms with van der Waals surface area (Å²) in [7, 11) is 1.37. The maximum absolute atomic E-state index is 14.1. The molecule has 7 nitrogen and oxygen atoms in total. The van der Waals surface area contributed by atoms with Gasteiger partial charge in [0.05, 0.1) is 28.2 Å². The lowest BCUT2D eigenvalue weighted by Gasteiger charge is -2.39. The highest BCUT2D eigenvalue weighted by molar-refractivity contribution is 6.35. The van der Waals surface area contributed by atoms with E-state index < -0.39 is 34.9 Å². The van der Waals surface area contributed by atoms with Crippen LogP contribution < -0.4 is 5.56 Å². The molecule has 0 aliphatic carbocycles. The lowest BCUT2D eigenvalue weighted by Crippen LogP contribution is -2.50. The van der Waals surface area contributed by atoms with E-state index in [1.165, 1.54) is 13.2 Å². The van der Waals surface area contributed by atoms with Gasteiger partial charge in [0.2, 0.25) is 0 Å². The molecule has 1 aromatic heterocycles. The summed E-state index contributed by atoms with van der Waals surface area (Å²) in [5.41, 5.74) is -1.56. The predicted octanol–water partition coefficient (Wildman–Crippen LogP) is 4.78. The van der Waals surface area contributed by atoms with E-state index in [2.05, 4.69) is 4.98 Å². The molecule has 2 aromatic carbocycles. The van der Waals surface area contributed by atoms with Gasteiger partial charge in [0.1, 0.15) is 23.5 Å². The van der Waals surface area contributed by atoms with E-state index in [0.717, 1.165) is 21.6 Å². The van der Waals surface area contributed by atoms with Gasteiger partial charge < -0.3 is 9.84 Å². The van der Waals surface area contributed by atoms with E-state index in [9.17, 15) is 23.5 Å². The van der Waals surface area contributed by atoms with Crippen LogP contribution in [0.3, 0.4) is 0 Å². The number of carboxylic acid groups (broad SMARTS) is 1. The van der Waals surface area contributed by atoms with Crippen LogP contribution in [0, 0.1) is 11.6 Å². The maximum Gasteiger partial charge on any atom is 0.408 e. The number of methoxy groups -OCH3 is 1. The second kappa shape index (κ2) is 8.84. The number of benzene rings is 2. The second-order valence-corrected chi connectivity index (χ2v) is 8.57. The first-order chi connectivity index (χ1) is 15.0. The van der Waals surface area contributed by atoms with Crippen molar-refractivity contribution < 1.29 is 23.4 Å². The van der Waals surface area contributed by atoms with Crippen LogP contribution in [-0.2, 0) is 4.74 Å². The summed E-state index contributed by atoms with van der Waals surface area (Å²) >= 11 is 6.23. The molecule has 0 saturated carbocycles. The minimum Gasteiger partial charge on any atom is -0.465 e. The molecule has 1 amide bonds. The Bertz CT molecular complexity index is 1220. The number of carbonyl (C=O) groups is 1. The van der Waals surface area contributed by atoms with Crippen LogP contribution in [0.1, 0.15) is 32.6 Å². The van der Waals surface area contributed by atoms with Crippen molar-refractivity contribution in [1.29, 1.82) is 0 Å². The summed E-state index contributed by atoms with van der Waals surface area (Å²) in [5.74, 6) is -1.88. The molecule has 32 heavy (non-hydrogen) atoms. The van der Waals surface area contributed by atoms with Gasteiger partial charge in [0, 0.05) is 18.7 Å². The van der Waals surface area contributed by atoms with Gasteiger partial charge in [0.25, 0.3) is 5.56 Å². The predicted molar refractivity (Wildman–Crippen MR) is 116 cm³/mol. The average Bonchev–Trinajstić information content (AvgIpc) is 2.65. The molecule has 0 fully saturated rings. The van der Waals surface area contributed by atoms with Crippen molar-refractivity contribution in [2.75, 3.05) is 13.7 Å². The fourth-order valence-corrected chi connectivity index (χ4v) is 3.91. The van der Waals surface area contributed by atoms with Gasteiger partial charge in [0.15, 0.2) is 0 Å². The number of ether oxygens (including phenoxy) is 1. The number of nitrogens with zero attached hydrogens (tertiary/aromatic N) is 3. The molecule has 3 aromatic rings. The Hall–Kier alpha value is -3.04. The van der Waals surface area contributed by atoms with Crippen LogP contribution in [0.4, 0.5) is 13.6 Å². The third kappa shape index (κ3) is 4.44. The number of halogens is 3. The average molecular weight is 466 g/mol. The molecule has 0 bridgehead atoms. The molecule has 0 saturated heterocycles. The largest absolute Gasteiger partial charge is 0.465 e. The van der Waals surface area contributed by atoms with Gasteiger partial charge in [-0.25, -0.2) is 18.6 Å². The molecule has 0 aliphatic rings. The zero-order valence-corrected chi connectivity index (χ0v) is 18.7. The number of fused-ring (bicyclic) bond motifs is 1. The molecule has 1 atom stereocenters. The van der Waals surface area contributed by atoms with Gasteiger partial charge >= 0.3 is 6.09 Å². The lowest BCUT2D eigenvalue weighted by atomic mass is 10.0. The molecule has 1 heterocycles. The van der Waals surface area contributed by atoms with Crippen molar-refractivity contribution in [2.24, 2.45) is 0 Å². The van der Waals surface area contributed by atoms with E-state index in [-0.39, 0.29) is 34.0 Å². The summed E-state index contributed by atoms with van der Waals surface area (Å²) in [4.78, 5) is 31.3. The van der Waals surface area contributed by atoms with Crippen molar-refractivity contribution in [2.45, 2.75) is 32.4 Å². The minimum atomic E-state index is -1.28. The summed E-state index contributed by atoms with van der Waals surface area (Å²) in [5, 5.41) is 10.1. The Labute approximate surface area is 187 Å². The molecule has 3 rings (SSSR count). The molecule has 0 spiro atoms. The van der Waals surface area contributed by atoms with Gasteiger partial charge in [-0.05, 0) is 45.0 Å². The number of rotatable bonds is 5. The van der Waals surface area contributed by atoms with E-state index in [1.54, 1.807) is 32.9 Å². The molecular weight excluding hydrogens is 444 g/mol. The smallest absolute Gasteiger partial charge is 0.408 e. The first-order valence-corrected chi connectivity index (χ1v) is 10.0. The van der Waals surface area contributed by atoms with Crippen molar-refractivity contribution in [3.05, 3.63) is 69.2 Å². The fraction of sp³-hybridized carbons (Fsp3) is 0.318. The van der Waals surface area contributed by atoms with E-state index >= 15 is 0 Å². The Morgan fingerprint density at radius 3 is 2.41 bits per heavy atom. The highest BCUT2D eigenvalue weighted by Gasteiger charge is 2.37. The zero-order valence-electron chi connectivity index (χ0n) is 17.9. The van der Waals surface area contributed by atoms with Gasteiger partial charge in [-0.1, -0.05) is 17.7 Å².